The van der Waals surface area contributed by atoms with Gasteiger partial charge in [-0.3, -0.25) is 19.4 Å². The van der Waals surface area contributed by atoms with Crippen LogP contribution in [0.15, 0.2) is 65.6 Å². The van der Waals surface area contributed by atoms with Crippen LogP contribution in [0.3, 0.4) is 0 Å². The fraction of sp³-hybridized carbons (Fsp3) is 0.280. The first-order valence-corrected chi connectivity index (χ1v) is 11.1. The molecule has 3 aromatic heterocycles. The van der Waals surface area contributed by atoms with Crippen LogP contribution in [-0.2, 0) is 11.3 Å². The number of benzene rings is 1. The van der Waals surface area contributed by atoms with Gasteiger partial charge in [0.15, 0.2) is 0 Å². The van der Waals surface area contributed by atoms with Crippen LogP contribution in [0.4, 0.5) is 0 Å². The van der Waals surface area contributed by atoms with Crippen molar-refractivity contribution in [3.05, 3.63) is 87.8 Å². The molecule has 1 aliphatic rings. The van der Waals surface area contributed by atoms with E-state index in [-0.39, 0.29) is 28.8 Å². The standard InChI is InChI=1S/C25H25N5O3/c1-16(17-8-3-2-4-9-17)27-24(31)19-14-20-23(28-21-11-5-6-12-29(21)25(20)32)30(22(19)26)15-18-10-7-13-33-18/h2-6,8-9,11-12,14,16,18,26H,7,10,13,15H2,1H3,(H,27,31)/t16-,18+/m0/s1. The van der Waals surface area contributed by atoms with Gasteiger partial charge in [-0.1, -0.05) is 36.4 Å². The van der Waals surface area contributed by atoms with Gasteiger partial charge in [0.05, 0.1) is 29.6 Å². The second-order valence-electron chi connectivity index (χ2n) is 8.34. The molecule has 0 saturated carbocycles. The number of hydrogen-bond acceptors (Lipinski definition) is 5. The average molecular weight is 444 g/mol. The number of nitrogens with one attached hydrogen (secondary N) is 2. The fourth-order valence-electron chi connectivity index (χ4n) is 4.33. The van der Waals surface area contributed by atoms with Gasteiger partial charge in [0.25, 0.3) is 11.5 Å². The maximum atomic E-state index is 13.3. The molecule has 0 unspecified atom stereocenters. The highest BCUT2D eigenvalue weighted by atomic mass is 16.5. The molecule has 33 heavy (non-hydrogen) atoms. The molecule has 8 heteroatoms. The summed E-state index contributed by atoms with van der Waals surface area (Å²) in [5.74, 6) is -0.406. The number of rotatable bonds is 5. The minimum atomic E-state index is -0.406. The van der Waals surface area contributed by atoms with E-state index >= 15 is 0 Å². The first kappa shape index (κ1) is 21.1. The Balaban J connectivity index is 1.65. The van der Waals surface area contributed by atoms with Gasteiger partial charge in [0.1, 0.15) is 16.8 Å². The zero-order valence-electron chi connectivity index (χ0n) is 18.3. The molecule has 1 fully saturated rings. The third-order valence-corrected chi connectivity index (χ3v) is 6.12. The lowest BCUT2D eigenvalue weighted by Gasteiger charge is -2.19. The number of fused-ring (bicyclic) bond motifs is 2. The molecular formula is C25H25N5O3. The zero-order chi connectivity index (χ0) is 22.9. The summed E-state index contributed by atoms with van der Waals surface area (Å²) < 4.78 is 8.88. The highest BCUT2D eigenvalue weighted by molar-refractivity contribution is 5.97. The summed E-state index contributed by atoms with van der Waals surface area (Å²) in [4.78, 5) is 31.2. The van der Waals surface area contributed by atoms with Gasteiger partial charge in [-0.15, -0.1) is 0 Å². The number of carbonyl (C=O) groups is 1. The third-order valence-electron chi connectivity index (χ3n) is 6.12. The lowest BCUT2D eigenvalue weighted by atomic mass is 10.1. The Hall–Kier alpha value is -3.78. The van der Waals surface area contributed by atoms with E-state index in [4.69, 9.17) is 10.1 Å². The molecule has 2 N–H and O–H groups in total. The summed E-state index contributed by atoms with van der Waals surface area (Å²) in [5, 5.41) is 12.1. The predicted octanol–water partition coefficient (Wildman–Crippen LogP) is 2.80. The summed E-state index contributed by atoms with van der Waals surface area (Å²) in [5.41, 5.74) is 1.71. The number of hydrogen-bond donors (Lipinski definition) is 2. The minimum Gasteiger partial charge on any atom is -0.376 e. The second kappa shape index (κ2) is 8.63. The van der Waals surface area contributed by atoms with Gasteiger partial charge in [-0.05, 0) is 43.5 Å². The van der Waals surface area contributed by atoms with Crippen LogP contribution >= 0.6 is 0 Å². The molecule has 8 nitrogen and oxygen atoms in total. The van der Waals surface area contributed by atoms with Gasteiger partial charge < -0.3 is 14.6 Å². The zero-order valence-corrected chi connectivity index (χ0v) is 18.3. The van der Waals surface area contributed by atoms with Crippen LogP contribution in [0.2, 0.25) is 0 Å². The Morgan fingerprint density at radius 3 is 2.79 bits per heavy atom. The third kappa shape index (κ3) is 3.93. The van der Waals surface area contributed by atoms with Gasteiger partial charge in [-0.25, -0.2) is 4.98 Å². The monoisotopic (exact) mass is 443 g/mol. The summed E-state index contributed by atoms with van der Waals surface area (Å²) in [6.45, 7) is 2.92. The molecule has 0 radical (unpaired) electrons. The van der Waals surface area contributed by atoms with E-state index in [0.717, 1.165) is 18.4 Å². The minimum absolute atomic E-state index is 0.0166. The Kier molecular flexibility index (Phi) is 5.51. The summed E-state index contributed by atoms with van der Waals surface area (Å²) >= 11 is 0. The van der Waals surface area contributed by atoms with Gasteiger partial charge >= 0.3 is 0 Å². The van der Waals surface area contributed by atoms with E-state index < -0.39 is 5.91 Å². The lowest BCUT2D eigenvalue weighted by molar-refractivity contribution is 0.0923. The number of pyridine rings is 2. The van der Waals surface area contributed by atoms with Crippen LogP contribution in [-0.4, -0.2) is 32.6 Å². The predicted molar refractivity (Wildman–Crippen MR) is 124 cm³/mol. The van der Waals surface area contributed by atoms with E-state index in [0.29, 0.717) is 29.8 Å². The van der Waals surface area contributed by atoms with Crippen molar-refractivity contribution in [3.63, 3.8) is 0 Å². The van der Waals surface area contributed by atoms with Crippen LogP contribution in [0.25, 0.3) is 16.7 Å². The lowest BCUT2D eigenvalue weighted by Crippen LogP contribution is -2.37. The molecule has 168 valence electrons. The molecule has 4 heterocycles. The van der Waals surface area contributed by atoms with Crippen molar-refractivity contribution < 1.29 is 9.53 Å². The van der Waals surface area contributed by atoms with E-state index in [9.17, 15) is 9.59 Å². The molecule has 1 amide bonds. The first-order valence-electron chi connectivity index (χ1n) is 11.1. The normalized spacial score (nSPS) is 16.8. The number of nitrogens with zero attached hydrogens (tertiary/aromatic N) is 3. The SMILES string of the molecule is C[C@H](NC(=O)c1cc2c(=O)n3ccccc3nc2n(C[C@H]2CCCO2)c1=N)c1ccccc1. The Bertz CT molecular complexity index is 1450. The van der Waals surface area contributed by atoms with E-state index in [2.05, 4.69) is 10.3 Å². The molecule has 2 atom stereocenters. The van der Waals surface area contributed by atoms with Crippen molar-refractivity contribution in [2.45, 2.75) is 38.5 Å². The molecule has 1 aliphatic heterocycles. The molecule has 1 aromatic carbocycles. The Labute approximate surface area is 190 Å². The molecule has 0 aliphatic carbocycles. The van der Waals surface area contributed by atoms with Crippen molar-refractivity contribution in [2.24, 2.45) is 0 Å². The van der Waals surface area contributed by atoms with Crippen molar-refractivity contribution in [2.75, 3.05) is 6.61 Å². The maximum absolute atomic E-state index is 13.3. The topological polar surface area (TPSA) is 101 Å². The Morgan fingerprint density at radius 1 is 1.24 bits per heavy atom. The van der Waals surface area contributed by atoms with Gasteiger partial charge in [0.2, 0.25) is 0 Å². The van der Waals surface area contributed by atoms with Crippen molar-refractivity contribution in [3.8, 4) is 0 Å². The molecule has 0 spiro atoms. The largest absolute Gasteiger partial charge is 0.376 e. The molecule has 0 bridgehead atoms. The van der Waals surface area contributed by atoms with Gasteiger partial charge in [-0.2, -0.15) is 0 Å². The number of amides is 1. The van der Waals surface area contributed by atoms with Crippen LogP contribution in [0.5, 0.6) is 0 Å². The summed E-state index contributed by atoms with van der Waals surface area (Å²) in [6, 6.07) is 16.2. The van der Waals surface area contributed by atoms with Crippen LogP contribution < -0.4 is 16.4 Å². The smallest absolute Gasteiger partial charge is 0.267 e. The molecule has 5 rings (SSSR count). The van der Waals surface area contributed by atoms with Crippen molar-refractivity contribution in [1.29, 1.82) is 5.41 Å². The average Bonchev–Trinajstić information content (AvgIpc) is 3.35. The molecular weight excluding hydrogens is 418 g/mol. The summed E-state index contributed by atoms with van der Waals surface area (Å²) in [7, 11) is 0. The summed E-state index contributed by atoms with van der Waals surface area (Å²) in [6.07, 6.45) is 3.38. The highest BCUT2D eigenvalue weighted by Crippen LogP contribution is 2.17. The quantitative estimate of drug-likeness (QED) is 0.463. The van der Waals surface area contributed by atoms with Crippen molar-refractivity contribution in [1.82, 2.24) is 19.3 Å². The van der Waals surface area contributed by atoms with E-state index in [1.165, 1.54) is 10.5 Å². The second-order valence-corrected chi connectivity index (χ2v) is 8.34. The first-order chi connectivity index (χ1) is 16.0. The maximum Gasteiger partial charge on any atom is 0.267 e. The fourth-order valence-corrected chi connectivity index (χ4v) is 4.33. The van der Waals surface area contributed by atoms with Crippen molar-refractivity contribution >= 4 is 22.6 Å². The van der Waals surface area contributed by atoms with Crippen LogP contribution in [0.1, 0.15) is 41.7 Å². The van der Waals surface area contributed by atoms with E-state index in [1.54, 1.807) is 22.9 Å². The molecule has 4 aromatic rings. The van der Waals surface area contributed by atoms with Crippen LogP contribution in [0, 0.1) is 5.41 Å². The molecule has 1 saturated heterocycles. The Morgan fingerprint density at radius 2 is 2.03 bits per heavy atom. The number of carbonyl (C=O) groups excluding carboxylic acids is 1. The number of aromatic nitrogens is 3. The van der Waals surface area contributed by atoms with E-state index in [1.807, 2.05) is 43.3 Å². The highest BCUT2D eigenvalue weighted by Gasteiger charge is 2.22. The van der Waals surface area contributed by atoms with Gasteiger partial charge in [0, 0.05) is 12.8 Å². The number of ether oxygens (including phenoxy) is 1.